The SMILES string of the molecule is O=C([C@@H]1Sc2nnc(-c3ccccc3)n2N[C@H]1c1ccc(F)cc1)N1CCCCC1. The summed E-state index contributed by atoms with van der Waals surface area (Å²) in [5.74, 6) is 0.488. The van der Waals surface area contributed by atoms with E-state index in [2.05, 4.69) is 15.6 Å². The van der Waals surface area contributed by atoms with E-state index in [9.17, 15) is 9.18 Å². The molecular formula is C22H22FN5OS. The van der Waals surface area contributed by atoms with Crippen LogP contribution in [0.4, 0.5) is 4.39 Å². The van der Waals surface area contributed by atoms with E-state index in [0.29, 0.717) is 11.0 Å². The van der Waals surface area contributed by atoms with Crippen molar-refractivity contribution in [2.75, 3.05) is 18.5 Å². The average molecular weight is 424 g/mol. The Morgan fingerprint density at radius 2 is 1.73 bits per heavy atom. The highest BCUT2D eigenvalue weighted by atomic mass is 32.2. The smallest absolute Gasteiger partial charge is 0.238 e. The monoisotopic (exact) mass is 423 g/mol. The molecule has 1 N–H and O–H groups in total. The molecule has 1 fully saturated rings. The first-order chi connectivity index (χ1) is 14.7. The molecule has 30 heavy (non-hydrogen) atoms. The first-order valence-corrected chi connectivity index (χ1v) is 11.1. The van der Waals surface area contributed by atoms with Gasteiger partial charge in [-0.3, -0.25) is 4.79 Å². The predicted octanol–water partition coefficient (Wildman–Crippen LogP) is 3.86. The van der Waals surface area contributed by atoms with E-state index >= 15 is 0 Å². The van der Waals surface area contributed by atoms with E-state index < -0.39 is 5.25 Å². The molecule has 0 spiro atoms. The van der Waals surface area contributed by atoms with Gasteiger partial charge in [0.15, 0.2) is 5.82 Å². The molecule has 2 aliphatic rings. The number of carbonyl (C=O) groups excluding carboxylic acids is 1. The van der Waals surface area contributed by atoms with E-state index in [-0.39, 0.29) is 17.8 Å². The van der Waals surface area contributed by atoms with Crippen LogP contribution >= 0.6 is 11.8 Å². The first kappa shape index (κ1) is 19.1. The molecule has 3 aromatic rings. The summed E-state index contributed by atoms with van der Waals surface area (Å²) in [6.07, 6.45) is 3.23. The van der Waals surface area contributed by atoms with Gasteiger partial charge in [0, 0.05) is 18.7 Å². The van der Waals surface area contributed by atoms with Gasteiger partial charge >= 0.3 is 0 Å². The third kappa shape index (κ3) is 3.56. The highest BCUT2D eigenvalue weighted by Gasteiger charge is 2.40. The molecule has 1 aromatic heterocycles. The predicted molar refractivity (Wildman–Crippen MR) is 114 cm³/mol. The maximum Gasteiger partial charge on any atom is 0.238 e. The van der Waals surface area contributed by atoms with Gasteiger partial charge in [0.1, 0.15) is 11.1 Å². The second-order valence-corrected chi connectivity index (χ2v) is 8.70. The fourth-order valence-corrected chi connectivity index (χ4v) is 5.20. The maximum absolute atomic E-state index is 13.5. The topological polar surface area (TPSA) is 63.1 Å². The molecule has 8 heteroatoms. The van der Waals surface area contributed by atoms with Crippen molar-refractivity contribution in [1.82, 2.24) is 19.8 Å². The normalized spacial score (nSPS) is 21.0. The van der Waals surface area contributed by atoms with Crippen molar-refractivity contribution >= 4 is 17.7 Å². The Hall–Kier alpha value is -2.87. The molecule has 3 heterocycles. The zero-order valence-corrected chi connectivity index (χ0v) is 17.2. The molecule has 5 rings (SSSR count). The molecule has 0 saturated carbocycles. The number of likely N-dealkylation sites (tertiary alicyclic amines) is 1. The van der Waals surface area contributed by atoms with Crippen LogP contribution < -0.4 is 5.43 Å². The number of piperidine rings is 1. The van der Waals surface area contributed by atoms with Gasteiger partial charge in [-0.05, 0) is 37.0 Å². The number of fused-ring (bicyclic) bond motifs is 1. The Balaban J connectivity index is 1.53. The summed E-state index contributed by atoms with van der Waals surface area (Å²) in [6.45, 7) is 1.57. The lowest BCUT2D eigenvalue weighted by atomic mass is 10.0. The van der Waals surface area contributed by atoms with Gasteiger partial charge in [-0.25, -0.2) is 9.07 Å². The number of halogens is 1. The number of rotatable bonds is 3. The number of nitrogens with zero attached hydrogens (tertiary/aromatic N) is 4. The van der Waals surface area contributed by atoms with Crippen LogP contribution in [-0.4, -0.2) is 44.0 Å². The summed E-state index contributed by atoms with van der Waals surface area (Å²) in [7, 11) is 0. The van der Waals surface area contributed by atoms with E-state index in [1.54, 1.807) is 12.1 Å². The molecule has 1 amide bonds. The number of benzene rings is 2. The Kier molecular flexibility index (Phi) is 5.16. The van der Waals surface area contributed by atoms with Gasteiger partial charge in [-0.15, -0.1) is 10.2 Å². The number of hydrogen-bond acceptors (Lipinski definition) is 5. The van der Waals surface area contributed by atoms with E-state index in [4.69, 9.17) is 0 Å². The zero-order valence-electron chi connectivity index (χ0n) is 16.4. The fraction of sp³-hybridized carbons (Fsp3) is 0.318. The number of amides is 1. The van der Waals surface area contributed by atoms with Gasteiger partial charge in [-0.1, -0.05) is 54.2 Å². The van der Waals surface area contributed by atoms with Crippen LogP contribution in [0.2, 0.25) is 0 Å². The minimum absolute atomic E-state index is 0.0945. The molecule has 0 bridgehead atoms. The Morgan fingerprint density at radius 1 is 1.00 bits per heavy atom. The lowest BCUT2D eigenvalue weighted by molar-refractivity contribution is -0.131. The van der Waals surface area contributed by atoms with Crippen LogP contribution in [0.1, 0.15) is 30.9 Å². The van der Waals surface area contributed by atoms with Gasteiger partial charge in [-0.2, -0.15) is 0 Å². The van der Waals surface area contributed by atoms with Gasteiger partial charge in [0.2, 0.25) is 11.1 Å². The van der Waals surface area contributed by atoms with Crippen LogP contribution in [0.15, 0.2) is 59.8 Å². The second-order valence-electron chi connectivity index (χ2n) is 7.59. The molecule has 6 nitrogen and oxygen atoms in total. The van der Waals surface area contributed by atoms with E-state index in [0.717, 1.165) is 43.5 Å². The van der Waals surface area contributed by atoms with Crippen molar-refractivity contribution in [1.29, 1.82) is 0 Å². The number of hydrogen-bond donors (Lipinski definition) is 1. The highest BCUT2D eigenvalue weighted by molar-refractivity contribution is 8.00. The lowest BCUT2D eigenvalue weighted by Crippen LogP contribution is -2.47. The fourth-order valence-electron chi connectivity index (χ4n) is 4.03. The van der Waals surface area contributed by atoms with Crippen molar-refractivity contribution in [2.45, 2.75) is 35.7 Å². The number of nitrogens with one attached hydrogen (secondary N) is 1. The van der Waals surface area contributed by atoms with Crippen LogP contribution in [0, 0.1) is 5.82 Å². The lowest BCUT2D eigenvalue weighted by Gasteiger charge is -2.37. The Labute approximate surface area is 178 Å². The average Bonchev–Trinajstić information content (AvgIpc) is 3.22. The molecule has 154 valence electrons. The Morgan fingerprint density at radius 3 is 2.47 bits per heavy atom. The standard InChI is InChI=1S/C22H22FN5OS/c23-17-11-9-15(10-12-17)18-19(21(29)27-13-5-2-6-14-27)30-22-25-24-20(28(22)26-18)16-7-3-1-4-8-16/h1,3-4,7-12,18-19,26H,2,5-6,13-14H2/t18-,19+/m0/s1. The van der Waals surface area contributed by atoms with Crippen molar-refractivity contribution in [3.63, 3.8) is 0 Å². The summed E-state index contributed by atoms with van der Waals surface area (Å²) < 4.78 is 15.4. The summed E-state index contributed by atoms with van der Waals surface area (Å²) in [5.41, 5.74) is 5.24. The number of carbonyl (C=O) groups is 1. The number of aromatic nitrogens is 3. The molecule has 0 radical (unpaired) electrons. The zero-order chi connectivity index (χ0) is 20.5. The molecule has 1 saturated heterocycles. The summed E-state index contributed by atoms with van der Waals surface area (Å²) in [6, 6.07) is 15.8. The van der Waals surface area contributed by atoms with E-state index in [1.165, 1.54) is 23.9 Å². The van der Waals surface area contributed by atoms with Crippen LogP contribution in [0.25, 0.3) is 11.4 Å². The molecule has 0 unspecified atom stereocenters. The largest absolute Gasteiger partial charge is 0.342 e. The third-order valence-electron chi connectivity index (χ3n) is 5.61. The van der Waals surface area contributed by atoms with Crippen LogP contribution in [0.3, 0.4) is 0 Å². The first-order valence-electron chi connectivity index (χ1n) is 10.2. The van der Waals surface area contributed by atoms with Gasteiger partial charge in [0.05, 0.1) is 6.04 Å². The summed E-state index contributed by atoms with van der Waals surface area (Å²) in [5, 5.41) is 8.96. The van der Waals surface area contributed by atoms with Crippen molar-refractivity contribution < 1.29 is 9.18 Å². The van der Waals surface area contributed by atoms with Gasteiger partial charge < -0.3 is 10.3 Å². The molecule has 2 atom stereocenters. The Bertz CT molecular complexity index is 1030. The maximum atomic E-state index is 13.5. The third-order valence-corrected chi connectivity index (χ3v) is 6.81. The molecule has 2 aromatic carbocycles. The van der Waals surface area contributed by atoms with Crippen molar-refractivity contribution in [2.24, 2.45) is 0 Å². The van der Waals surface area contributed by atoms with E-state index in [1.807, 2.05) is 39.9 Å². The van der Waals surface area contributed by atoms with Crippen LogP contribution in [-0.2, 0) is 4.79 Å². The molecule has 0 aliphatic carbocycles. The molecular weight excluding hydrogens is 401 g/mol. The summed E-state index contributed by atoms with van der Waals surface area (Å²) in [4.78, 5) is 15.4. The van der Waals surface area contributed by atoms with Gasteiger partial charge in [0.25, 0.3) is 0 Å². The van der Waals surface area contributed by atoms with Crippen molar-refractivity contribution in [3.8, 4) is 11.4 Å². The quantitative estimate of drug-likeness (QED) is 0.693. The minimum Gasteiger partial charge on any atom is -0.342 e. The summed E-state index contributed by atoms with van der Waals surface area (Å²) >= 11 is 1.42. The molecule has 2 aliphatic heterocycles. The highest BCUT2D eigenvalue weighted by Crippen LogP contribution is 2.39. The van der Waals surface area contributed by atoms with Crippen molar-refractivity contribution in [3.05, 3.63) is 66.0 Å². The van der Waals surface area contributed by atoms with Crippen LogP contribution in [0.5, 0.6) is 0 Å². The number of thioether (sulfide) groups is 1. The minimum atomic E-state index is -0.395. The second kappa shape index (κ2) is 8.10.